The summed E-state index contributed by atoms with van der Waals surface area (Å²) in [5.74, 6) is -1.23. The van der Waals surface area contributed by atoms with Gasteiger partial charge in [0.2, 0.25) is 0 Å². The molecular formula is C14H13F4NO. The molecule has 0 bridgehead atoms. The van der Waals surface area contributed by atoms with Crippen molar-refractivity contribution in [1.82, 2.24) is 5.32 Å². The van der Waals surface area contributed by atoms with Crippen LogP contribution in [-0.2, 0) is 12.6 Å². The van der Waals surface area contributed by atoms with Gasteiger partial charge in [-0.25, -0.2) is 4.39 Å². The summed E-state index contributed by atoms with van der Waals surface area (Å²) >= 11 is 0. The Hall–Kier alpha value is -1.82. The van der Waals surface area contributed by atoms with Crippen LogP contribution in [0, 0.1) is 5.82 Å². The Morgan fingerprint density at radius 2 is 2.00 bits per heavy atom. The minimum absolute atomic E-state index is 0.0106. The number of likely N-dealkylation sites (N-methyl/N-ethyl adjacent to an activating group) is 1. The summed E-state index contributed by atoms with van der Waals surface area (Å²) in [6, 6.07) is 4.43. The molecule has 0 fully saturated rings. The first kappa shape index (κ1) is 14.6. The topological polar surface area (TPSA) is 25.2 Å². The maximum atomic E-state index is 14.1. The Balaban J connectivity index is 2.35. The summed E-state index contributed by atoms with van der Waals surface area (Å²) in [6.45, 7) is 0. The molecule has 2 nitrogen and oxygen atoms in total. The van der Waals surface area contributed by atoms with Crippen LogP contribution in [0.4, 0.5) is 17.6 Å². The van der Waals surface area contributed by atoms with E-state index >= 15 is 0 Å². The highest BCUT2D eigenvalue weighted by Gasteiger charge is 2.35. The van der Waals surface area contributed by atoms with Crippen LogP contribution in [0.5, 0.6) is 0 Å². The number of halogens is 4. The van der Waals surface area contributed by atoms with Gasteiger partial charge in [0.1, 0.15) is 5.82 Å². The zero-order chi connectivity index (χ0) is 14.8. The van der Waals surface area contributed by atoms with E-state index in [1.165, 1.54) is 24.7 Å². The molecule has 0 amide bonds. The Morgan fingerprint density at radius 3 is 2.55 bits per heavy atom. The van der Waals surface area contributed by atoms with E-state index in [0.29, 0.717) is 6.42 Å². The maximum Gasteiger partial charge on any atom is 0.419 e. The van der Waals surface area contributed by atoms with Crippen molar-refractivity contribution < 1.29 is 22.0 Å². The molecule has 1 unspecified atom stereocenters. The lowest BCUT2D eigenvalue weighted by Gasteiger charge is -2.19. The number of rotatable bonds is 4. The largest absolute Gasteiger partial charge is 0.472 e. The van der Waals surface area contributed by atoms with Gasteiger partial charge in [-0.1, -0.05) is 12.1 Å². The molecule has 1 aromatic heterocycles. The van der Waals surface area contributed by atoms with Crippen LogP contribution in [0.15, 0.2) is 41.2 Å². The van der Waals surface area contributed by atoms with Crippen LogP contribution in [-0.4, -0.2) is 7.05 Å². The SMILES string of the molecule is CNC(Cc1ccoc1)c1cccc(C(F)(F)F)c1F. The van der Waals surface area contributed by atoms with Crippen molar-refractivity contribution in [1.29, 1.82) is 0 Å². The highest BCUT2D eigenvalue weighted by Crippen LogP contribution is 2.34. The summed E-state index contributed by atoms with van der Waals surface area (Å²) in [4.78, 5) is 0. The second-order valence-electron chi connectivity index (χ2n) is 4.38. The Labute approximate surface area is 113 Å². The lowest BCUT2D eigenvalue weighted by molar-refractivity contribution is -0.140. The lowest BCUT2D eigenvalue weighted by atomic mass is 9.98. The molecule has 0 aliphatic rings. The molecule has 108 valence electrons. The molecule has 0 radical (unpaired) electrons. The first-order valence-electron chi connectivity index (χ1n) is 5.97. The number of hydrogen-bond donors (Lipinski definition) is 1. The molecule has 1 aromatic carbocycles. The minimum atomic E-state index is -4.70. The number of alkyl halides is 3. The fourth-order valence-corrected chi connectivity index (χ4v) is 2.05. The van der Waals surface area contributed by atoms with Gasteiger partial charge in [-0.3, -0.25) is 0 Å². The summed E-state index contributed by atoms with van der Waals surface area (Å²) in [5.41, 5.74) is -0.480. The van der Waals surface area contributed by atoms with E-state index in [2.05, 4.69) is 5.32 Å². The van der Waals surface area contributed by atoms with Gasteiger partial charge in [0, 0.05) is 11.6 Å². The maximum absolute atomic E-state index is 14.1. The van der Waals surface area contributed by atoms with E-state index in [1.807, 2.05) is 0 Å². The second kappa shape index (κ2) is 5.66. The number of nitrogens with one attached hydrogen (secondary N) is 1. The van der Waals surface area contributed by atoms with Gasteiger partial charge in [-0.15, -0.1) is 0 Å². The lowest BCUT2D eigenvalue weighted by Crippen LogP contribution is -2.21. The molecule has 1 atom stereocenters. The Bertz CT molecular complexity index is 563. The van der Waals surface area contributed by atoms with Crippen molar-refractivity contribution in [2.24, 2.45) is 0 Å². The monoisotopic (exact) mass is 287 g/mol. The van der Waals surface area contributed by atoms with E-state index < -0.39 is 23.6 Å². The van der Waals surface area contributed by atoms with Crippen molar-refractivity contribution in [2.45, 2.75) is 18.6 Å². The van der Waals surface area contributed by atoms with Crippen molar-refractivity contribution in [3.63, 3.8) is 0 Å². The first-order valence-corrected chi connectivity index (χ1v) is 5.97. The molecule has 1 N–H and O–H groups in total. The molecule has 0 aliphatic heterocycles. The third kappa shape index (κ3) is 3.01. The summed E-state index contributed by atoms with van der Waals surface area (Å²) in [7, 11) is 1.57. The fraction of sp³-hybridized carbons (Fsp3) is 0.286. The van der Waals surface area contributed by atoms with Crippen LogP contribution >= 0.6 is 0 Å². The van der Waals surface area contributed by atoms with Crippen LogP contribution in [0.1, 0.15) is 22.7 Å². The second-order valence-corrected chi connectivity index (χ2v) is 4.38. The molecule has 2 aromatic rings. The minimum Gasteiger partial charge on any atom is -0.472 e. The van der Waals surface area contributed by atoms with Crippen LogP contribution < -0.4 is 5.32 Å². The summed E-state index contributed by atoms with van der Waals surface area (Å²) < 4.78 is 57.0. The van der Waals surface area contributed by atoms with Crippen LogP contribution in [0.2, 0.25) is 0 Å². The quantitative estimate of drug-likeness (QED) is 0.862. The zero-order valence-corrected chi connectivity index (χ0v) is 10.7. The zero-order valence-electron chi connectivity index (χ0n) is 10.7. The molecular weight excluding hydrogens is 274 g/mol. The fourth-order valence-electron chi connectivity index (χ4n) is 2.05. The average Bonchev–Trinajstić information content (AvgIpc) is 2.88. The molecule has 0 aliphatic carbocycles. The van der Waals surface area contributed by atoms with E-state index in [0.717, 1.165) is 11.6 Å². The number of furan rings is 1. The third-order valence-corrected chi connectivity index (χ3v) is 3.08. The van der Waals surface area contributed by atoms with Crippen molar-refractivity contribution in [3.05, 3.63) is 59.3 Å². The van der Waals surface area contributed by atoms with E-state index in [1.54, 1.807) is 13.1 Å². The standard InChI is InChI=1S/C14H13F4NO/c1-19-12(7-9-5-6-20-8-9)10-3-2-4-11(13(10)15)14(16,17)18/h2-6,8,12,19H,7H2,1H3. The summed E-state index contributed by atoms with van der Waals surface area (Å²) in [5, 5.41) is 2.83. The Kier molecular flexibility index (Phi) is 4.13. The predicted octanol–water partition coefficient (Wildman–Crippen LogP) is 3.94. The molecule has 2 rings (SSSR count). The van der Waals surface area contributed by atoms with E-state index in [4.69, 9.17) is 4.42 Å². The predicted molar refractivity (Wildman–Crippen MR) is 65.6 cm³/mol. The molecule has 1 heterocycles. The van der Waals surface area contributed by atoms with Gasteiger partial charge in [-0.05, 0) is 31.2 Å². The summed E-state index contributed by atoms with van der Waals surface area (Å²) in [6.07, 6.45) is -1.42. The molecule has 0 saturated heterocycles. The van der Waals surface area contributed by atoms with Gasteiger partial charge in [0.15, 0.2) is 0 Å². The number of hydrogen-bond acceptors (Lipinski definition) is 2. The normalized spacial score (nSPS) is 13.4. The van der Waals surface area contributed by atoms with Crippen molar-refractivity contribution in [3.8, 4) is 0 Å². The van der Waals surface area contributed by atoms with Crippen LogP contribution in [0.3, 0.4) is 0 Å². The van der Waals surface area contributed by atoms with Crippen molar-refractivity contribution in [2.75, 3.05) is 7.05 Å². The van der Waals surface area contributed by atoms with Crippen molar-refractivity contribution >= 4 is 0 Å². The smallest absolute Gasteiger partial charge is 0.419 e. The first-order chi connectivity index (χ1) is 9.43. The highest BCUT2D eigenvalue weighted by atomic mass is 19.4. The Morgan fingerprint density at radius 1 is 1.25 bits per heavy atom. The average molecular weight is 287 g/mol. The van der Waals surface area contributed by atoms with Crippen LogP contribution in [0.25, 0.3) is 0 Å². The molecule has 6 heteroatoms. The molecule has 0 spiro atoms. The molecule has 0 saturated carbocycles. The van der Waals surface area contributed by atoms with E-state index in [-0.39, 0.29) is 5.56 Å². The molecule has 20 heavy (non-hydrogen) atoms. The van der Waals surface area contributed by atoms with Gasteiger partial charge < -0.3 is 9.73 Å². The highest BCUT2D eigenvalue weighted by molar-refractivity contribution is 5.31. The van der Waals surface area contributed by atoms with E-state index in [9.17, 15) is 17.6 Å². The van der Waals surface area contributed by atoms with Gasteiger partial charge in [0.05, 0.1) is 18.1 Å². The van der Waals surface area contributed by atoms with Gasteiger partial charge >= 0.3 is 6.18 Å². The third-order valence-electron chi connectivity index (χ3n) is 3.08. The van der Waals surface area contributed by atoms with Gasteiger partial charge in [-0.2, -0.15) is 13.2 Å². The van der Waals surface area contributed by atoms with Gasteiger partial charge in [0.25, 0.3) is 0 Å². The number of benzene rings is 1.